The average Bonchev–Trinajstić information content (AvgIpc) is 2.70. The molecule has 0 aliphatic rings. The van der Waals surface area contributed by atoms with Gasteiger partial charge in [0.25, 0.3) is 5.91 Å². The third-order valence-electron chi connectivity index (χ3n) is 3.89. The third kappa shape index (κ3) is 4.97. The van der Waals surface area contributed by atoms with Crippen LogP contribution in [0.4, 0.5) is 14.5 Å². The van der Waals surface area contributed by atoms with Gasteiger partial charge in [0.15, 0.2) is 18.2 Å². The molecule has 0 aliphatic heterocycles. The number of amides is 1. The molecule has 1 aromatic heterocycles. The van der Waals surface area contributed by atoms with E-state index in [1.807, 2.05) is 6.07 Å². The van der Waals surface area contributed by atoms with Crippen molar-refractivity contribution in [1.82, 2.24) is 0 Å². The maximum absolute atomic E-state index is 12.4. The van der Waals surface area contributed by atoms with Gasteiger partial charge in [-0.3, -0.25) is 9.59 Å². The number of nitrogens with one attached hydrogen (secondary N) is 1. The number of halogens is 2. The number of hydrogen-bond donors (Lipinski definition) is 1. The molecule has 142 valence electrons. The van der Waals surface area contributed by atoms with Crippen molar-refractivity contribution < 1.29 is 27.7 Å². The number of ether oxygens (including phenoxy) is 1. The van der Waals surface area contributed by atoms with Crippen LogP contribution in [0.1, 0.15) is 15.9 Å². The van der Waals surface area contributed by atoms with E-state index in [-0.39, 0.29) is 23.8 Å². The quantitative estimate of drug-likeness (QED) is 0.502. The molecule has 7 heteroatoms. The maximum atomic E-state index is 12.4. The number of benzene rings is 2. The van der Waals surface area contributed by atoms with E-state index in [0.29, 0.717) is 11.1 Å². The first kappa shape index (κ1) is 19.2. The van der Waals surface area contributed by atoms with Gasteiger partial charge in [0.05, 0.1) is 5.69 Å². The topological polar surface area (TPSA) is 59.3 Å². The number of nitrogens with zero attached hydrogens (tertiary/aromatic N) is 1. The van der Waals surface area contributed by atoms with Crippen LogP contribution in [0.3, 0.4) is 0 Å². The molecule has 0 radical (unpaired) electrons. The van der Waals surface area contributed by atoms with Gasteiger partial charge in [-0.25, -0.2) is 0 Å². The average molecular weight is 383 g/mol. The number of alkyl halides is 2. The zero-order valence-electron chi connectivity index (χ0n) is 14.7. The van der Waals surface area contributed by atoms with Crippen molar-refractivity contribution in [2.45, 2.75) is 13.2 Å². The van der Waals surface area contributed by atoms with Crippen molar-refractivity contribution in [2.24, 2.45) is 0 Å². The first-order valence-electron chi connectivity index (χ1n) is 8.45. The molecule has 2 aromatic carbocycles. The summed E-state index contributed by atoms with van der Waals surface area (Å²) < 4.78 is 30.9. The van der Waals surface area contributed by atoms with Crippen LogP contribution in [0.5, 0.6) is 5.75 Å². The first-order valence-corrected chi connectivity index (χ1v) is 8.45. The molecule has 28 heavy (non-hydrogen) atoms. The van der Waals surface area contributed by atoms with Gasteiger partial charge in [-0.15, -0.1) is 0 Å². The standard InChI is InChI=1S/C21H16F2N2O3/c22-21(23)28-18-9-5-4-8-17(18)24-19(26)14-25-12-10-16(11-13-25)20(27)15-6-2-1-3-7-15/h1-13,21H,14H2/p+1. The number of carbonyl (C=O) groups excluding carboxylic acids is 2. The number of ketones is 1. The van der Waals surface area contributed by atoms with Gasteiger partial charge in [-0.05, 0) is 12.1 Å². The van der Waals surface area contributed by atoms with Crippen molar-refractivity contribution in [3.05, 3.63) is 90.3 Å². The summed E-state index contributed by atoms with van der Waals surface area (Å²) in [5, 5.41) is 2.54. The van der Waals surface area contributed by atoms with E-state index in [0.717, 1.165) is 0 Å². The lowest BCUT2D eigenvalue weighted by Gasteiger charge is -2.10. The van der Waals surface area contributed by atoms with E-state index in [1.165, 1.54) is 18.2 Å². The lowest BCUT2D eigenvalue weighted by atomic mass is 10.0. The number of aromatic nitrogens is 1. The fourth-order valence-corrected chi connectivity index (χ4v) is 2.59. The molecular weight excluding hydrogens is 366 g/mol. The van der Waals surface area contributed by atoms with Crippen LogP contribution in [-0.2, 0) is 11.3 Å². The smallest absolute Gasteiger partial charge is 0.387 e. The van der Waals surface area contributed by atoms with Crippen molar-refractivity contribution in [3.8, 4) is 5.75 Å². The van der Waals surface area contributed by atoms with Gasteiger partial charge in [-0.1, -0.05) is 42.5 Å². The molecule has 1 amide bonds. The number of anilines is 1. The van der Waals surface area contributed by atoms with Crippen molar-refractivity contribution >= 4 is 17.4 Å². The second kappa shape index (κ2) is 8.85. The molecule has 0 unspecified atom stereocenters. The van der Waals surface area contributed by atoms with E-state index in [9.17, 15) is 18.4 Å². The molecule has 3 aromatic rings. The third-order valence-corrected chi connectivity index (χ3v) is 3.89. The van der Waals surface area contributed by atoms with Crippen LogP contribution in [0.25, 0.3) is 0 Å². The highest BCUT2D eigenvalue weighted by Crippen LogP contribution is 2.25. The summed E-state index contributed by atoms with van der Waals surface area (Å²) in [5.41, 5.74) is 1.23. The van der Waals surface area contributed by atoms with Gasteiger partial charge in [0.1, 0.15) is 5.75 Å². The van der Waals surface area contributed by atoms with Crippen LogP contribution in [-0.4, -0.2) is 18.3 Å². The normalized spacial score (nSPS) is 10.5. The summed E-state index contributed by atoms with van der Waals surface area (Å²) in [6, 6.07) is 18.1. The lowest BCUT2D eigenvalue weighted by molar-refractivity contribution is -0.684. The summed E-state index contributed by atoms with van der Waals surface area (Å²) in [7, 11) is 0. The largest absolute Gasteiger partial charge is 0.433 e. The Morgan fingerprint density at radius 2 is 1.50 bits per heavy atom. The molecule has 0 spiro atoms. The lowest BCUT2D eigenvalue weighted by Crippen LogP contribution is -2.39. The second-order valence-corrected chi connectivity index (χ2v) is 5.88. The minimum Gasteiger partial charge on any atom is -0.433 e. The number of carbonyl (C=O) groups is 2. The molecule has 1 N–H and O–H groups in total. The summed E-state index contributed by atoms with van der Waals surface area (Å²) >= 11 is 0. The number of rotatable bonds is 7. The maximum Gasteiger partial charge on any atom is 0.387 e. The molecule has 3 rings (SSSR count). The highest BCUT2D eigenvalue weighted by Gasteiger charge is 2.15. The zero-order chi connectivity index (χ0) is 19.9. The highest BCUT2D eigenvalue weighted by atomic mass is 19.3. The molecule has 0 atom stereocenters. The Hall–Kier alpha value is -3.61. The fourth-order valence-electron chi connectivity index (χ4n) is 2.59. The van der Waals surface area contributed by atoms with Gasteiger partial charge in [0, 0.05) is 23.3 Å². The predicted octanol–water partition coefficient (Wildman–Crippen LogP) is 3.45. The minimum atomic E-state index is -2.98. The molecule has 0 bridgehead atoms. The summed E-state index contributed by atoms with van der Waals surface area (Å²) in [6.07, 6.45) is 3.22. The monoisotopic (exact) mass is 383 g/mol. The fraction of sp³-hybridized carbons (Fsp3) is 0.0952. The van der Waals surface area contributed by atoms with Crippen molar-refractivity contribution in [1.29, 1.82) is 0 Å². The van der Waals surface area contributed by atoms with Crippen molar-refractivity contribution in [3.63, 3.8) is 0 Å². The highest BCUT2D eigenvalue weighted by molar-refractivity contribution is 6.08. The molecule has 0 aliphatic carbocycles. The Labute approximate surface area is 160 Å². The Morgan fingerprint density at radius 3 is 2.18 bits per heavy atom. The van der Waals surface area contributed by atoms with E-state index in [4.69, 9.17) is 0 Å². The van der Waals surface area contributed by atoms with E-state index in [1.54, 1.807) is 59.4 Å². The van der Waals surface area contributed by atoms with Crippen LogP contribution in [0.15, 0.2) is 79.1 Å². The minimum absolute atomic E-state index is 0.0528. The number of para-hydroxylation sites is 2. The Balaban J connectivity index is 1.65. The van der Waals surface area contributed by atoms with E-state index < -0.39 is 12.5 Å². The predicted molar refractivity (Wildman–Crippen MR) is 98.2 cm³/mol. The number of hydrogen-bond acceptors (Lipinski definition) is 3. The Morgan fingerprint density at radius 1 is 0.893 bits per heavy atom. The summed E-state index contributed by atoms with van der Waals surface area (Å²) in [5.74, 6) is -0.646. The van der Waals surface area contributed by atoms with E-state index >= 15 is 0 Å². The SMILES string of the molecule is O=C(C[n+]1ccc(C(=O)c2ccccc2)cc1)Nc1ccccc1OC(F)F. The Bertz CT molecular complexity index is 961. The summed E-state index contributed by atoms with van der Waals surface area (Å²) in [4.78, 5) is 24.6. The van der Waals surface area contributed by atoms with Crippen LogP contribution < -0.4 is 14.6 Å². The van der Waals surface area contributed by atoms with Crippen LogP contribution in [0, 0.1) is 0 Å². The molecule has 1 heterocycles. The molecule has 0 fully saturated rings. The second-order valence-electron chi connectivity index (χ2n) is 5.88. The van der Waals surface area contributed by atoms with Crippen molar-refractivity contribution in [2.75, 3.05) is 5.32 Å². The molecule has 0 saturated carbocycles. The number of pyridine rings is 1. The van der Waals surface area contributed by atoms with Gasteiger partial charge >= 0.3 is 6.61 Å². The van der Waals surface area contributed by atoms with Gasteiger partial charge < -0.3 is 10.1 Å². The molecule has 0 saturated heterocycles. The molecule has 5 nitrogen and oxygen atoms in total. The summed E-state index contributed by atoms with van der Waals surface area (Å²) in [6.45, 7) is -3.04. The van der Waals surface area contributed by atoms with E-state index in [2.05, 4.69) is 10.1 Å². The van der Waals surface area contributed by atoms with Gasteiger partial charge in [0.2, 0.25) is 6.54 Å². The van der Waals surface area contributed by atoms with Crippen LogP contribution >= 0.6 is 0 Å². The zero-order valence-corrected chi connectivity index (χ0v) is 14.7. The first-order chi connectivity index (χ1) is 13.5. The van der Waals surface area contributed by atoms with Gasteiger partial charge in [-0.2, -0.15) is 13.3 Å². The Kier molecular flexibility index (Phi) is 6.06. The molecular formula is C21H17F2N2O3+. The van der Waals surface area contributed by atoms with Crippen LogP contribution in [0.2, 0.25) is 0 Å².